The molecule has 6 nitrogen and oxygen atoms in total. The van der Waals surface area contributed by atoms with Crippen LogP contribution in [0.3, 0.4) is 0 Å². The summed E-state index contributed by atoms with van der Waals surface area (Å²) in [6.45, 7) is 2.85. The minimum atomic E-state index is -0.812. The fourth-order valence-electron chi connectivity index (χ4n) is 4.74. The van der Waals surface area contributed by atoms with Crippen LogP contribution in [0.4, 0.5) is 0 Å². The van der Waals surface area contributed by atoms with E-state index in [9.17, 15) is 14.7 Å². The molecule has 1 aliphatic heterocycles. The van der Waals surface area contributed by atoms with Crippen LogP contribution >= 0.6 is 0 Å². The van der Waals surface area contributed by atoms with E-state index in [1.54, 1.807) is 36.4 Å². The minimum absolute atomic E-state index is 0.0440. The smallest absolute Gasteiger partial charge is 0.295 e. The molecule has 1 saturated heterocycles. The number of Topliss-reactive ketones (excluding diaryl/α,β-unsaturated/α-hetero) is 1. The summed E-state index contributed by atoms with van der Waals surface area (Å²) >= 11 is 0. The number of hydrogen-bond acceptors (Lipinski definition) is 5. The Morgan fingerprint density at radius 2 is 1.38 bits per heavy atom. The van der Waals surface area contributed by atoms with Crippen molar-refractivity contribution >= 4 is 17.4 Å². The van der Waals surface area contributed by atoms with Gasteiger partial charge in [0.25, 0.3) is 11.7 Å². The molecule has 1 heterocycles. The summed E-state index contributed by atoms with van der Waals surface area (Å²) in [7, 11) is 0. The molecule has 1 unspecified atom stereocenters. The number of hydrogen-bond donors (Lipinski definition) is 1. The first-order chi connectivity index (χ1) is 19.1. The quantitative estimate of drug-likeness (QED) is 0.160. The first kappa shape index (κ1) is 25.8. The van der Waals surface area contributed by atoms with Gasteiger partial charge in [0, 0.05) is 12.1 Å². The van der Waals surface area contributed by atoms with Gasteiger partial charge in [-0.05, 0) is 35.7 Å². The van der Waals surface area contributed by atoms with Crippen LogP contribution in [-0.4, -0.2) is 28.3 Å². The van der Waals surface area contributed by atoms with Gasteiger partial charge in [0.2, 0.25) is 0 Å². The number of benzene rings is 4. The van der Waals surface area contributed by atoms with E-state index in [-0.39, 0.29) is 17.9 Å². The van der Waals surface area contributed by atoms with E-state index in [2.05, 4.69) is 0 Å². The lowest BCUT2D eigenvalue weighted by atomic mass is 9.94. The normalized spacial score (nSPS) is 16.3. The van der Waals surface area contributed by atoms with Gasteiger partial charge in [-0.15, -0.1) is 0 Å². The third-order valence-corrected chi connectivity index (χ3v) is 6.60. The van der Waals surface area contributed by atoms with Gasteiger partial charge in [-0.25, -0.2) is 0 Å². The van der Waals surface area contributed by atoms with Gasteiger partial charge < -0.3 is 19.5 Å². The first-order valence-electron chi connectivity index (χ1n) is 12.9. The number of carbonyl (C=O) groups excluding carboxylic acids is 2. The molecule has 0 bridgehead atoms. The van der Waals surface area contributed by atoms with Crippen molar-refractivity contribution in [3.8, 4) is 11.5 Å². The lowest BCUT2D eigenvalue weighted by molar-refractivity contribution is -0.140. The van der Waals surface area contributed by atoms with Gasteiger partial charge in [0.05, 0.1) is 18.2 Å². The molecule has 0 aliphatic carbocycles. The lowest BCUT2D eigenvalue weighted by Gasteiger charge is -2.26. The summed E-state index contributed by atoms with van der Waals surface area (Å²) in [5.41, 5.74) is 3.04. The number of amides is 1. The molecule has 0 aromatic heterocycles. The second-order valence-corrected chi connectivity index (χ2v) is 9.19. The molecule has 1 fully saturated rings. The molecule has 1 N–H and O–H groups in total. The van der Waals surface area contributed by atoms with Crippen molar-refractivity contribution in [2.24, 2.45) is 0 Å². The van der Waals surface area contributed by atoms with Crippen LogP contribution in [0, 0.1) is 0 Å². The van der Waals surface area contributed by atoms with Crippen LogP contribution in [0.1, 0.15) is 35.2 Å². The van der Waals surface area contributed by atoms with Crippen LogP contribution in [0.25, 0.3) is 5.76 Å². The Bertz CT molecular complexity index is 1480. The van der Waals surface area contributed by atoms with Crippen LogP contribution < -0.4 is 9.47 Å². The molecule has 5 rings (SSSR count). The number of ketones is 1. The Labute approximate surface area is 227 Å². The van der Waals surface area contributed by atoms with E-state index in [4.69, 9.17) is 9.47 Å². The zero-order valence-corrected chi connectivity index (χ0v) is 21.6. The second-order valence-electron chi connectivity index (χ2n) is 9.19. The van der Waals surface area contributed by atoms with Gasteiger partial charge in [0.15, 0.2) is 11.5 Å². The molecular weight excluding hydrogens is 490 g/mol. The summed E-state index contributed by atoms with van der Waals surface area (Å²) in [5.74, 6) is -0.552. The highest BCUT2D eigenvalue weighted by molar-refractivity contribution is 6.46. The third-order valence-electron chi connectivity index (χ3n) is 6.60. The van der Waals surface area contributed by atoms with Crippen molar-refractivity contribution in [3.05, 3.63) is 137 Å². The van der Waals surface area contributed by atoms with E-state index in [0.717, 1.165) is 11.1 Å². The molecule has 6 heteroatoms. The van der Waals surface area contributed by atoms with Crippen molar-refractivity contribution in [1.82, 2.24) is 4.90 Å². The highest BCUT2D eigenvalue weighted by atomic mass is 16.5. The summed E-state index contributed by atoms with van der Waals surface area (Å²) in [5, 5.41) is 11.3. The average molecular weight is 520 g/mol. The summed E-state index contributed by atoms with van der Waals surface area (Å²) in [6, 6.07) is 32.7. The van der Waals surface area contributed by atoms with Crippen molar-refractivity contribution < 1.29 is 24.2 Å². The molecule has 39 heavy (non-hydrogen) atoms. The average Bonchev–Trinajstić information content (AvgIpc) is 3.22. The molecule has 1 atom stereocenters. The Morgan fingerprint density at radius 1 is 0.769 bits per heavy atom. The van der Waals surface area contributed by atoms with E-state index >= 15 is 0 Å². The van der Waals surface area contributed by atoms with Crippen molar-refractivity contribution in [2.45, 2.75) is 26.1 Å². The maximum Gasteiger partial charge on any atom is 0.295 e. The van der Waals surface area contributed by atoms with Gasteiger partial charge in [-0.2, -0.15) is 0 Å². The van der Waals surface area contributed by atoms with E-state index in [0.29, 0.717) is 35.8 Å². The molecular formula is C33H29NO5. The number of rotatable bonds is 9. The molecule has 4 aromatic rings. The largest absolute Gasteiger partial charge is 0.507 e. The Balaban J connectivity index is 1.58. The Hall–Kier alpha value is -4.84. The molecule has 1 amide bonds. The summed E-state index contributed by atoms with van der Waals surface area (Å²) in [4.78, 5) is 28.2. The fraction of sp³-hybridized carbons (Fsp3) is 0.152. The number of nitrogens with zero attached hydrogens (tertiary/aromatic N) is 1. The number of aliphatic hydroxyl groups excluding tert-OH is 1. The molecule has 196 valence electrons. The summed E-state index contributed by atoms with van der Waals surface area (Å²) in [6.07, 6.45) is 0. The van der Waals surface area contributed by atoms with Crippen LogP contribution in [0.15, 0.2) is 115 Å². The van der Waals surface area contributed by atoms with Crippen molar-refractivity contribution in [2.75, 3.05) is 6.61 Å². The molecule has 0 saturated carbocycles. The van der Waals surface area contributed by atoms with Gasteiger partial charge in [-0.1, -0.05) is 97.1 Å². The van der Waals surface area contributed by atoms with Crippen LogP contribution in [0.5, 0.6) is 11.5 Å². The lowest BCUT2D eigenvalue weighted by Crippen LogP contribution is -2.29. The molecule has 0 spiro atoms. The highest BCUT2D eigenvalue weighted by Gasteiger charge is 2.46. The minimum Gasteiger partial charge on any atom is -0.507 e. The highest BCUT2D eigenvalue weighted by Crippen LogP contribution is 2.42. The molecule has 1 aliphatic rings. The standard InChI is InChI=1S/C33H29NO5/c1-2-38-28-20-26(18-19-27(28)39-22-24-14-8-4-9-15-24)30-29(31(35)25-16-10-5-11-17-25)32(36)33(37)34(30)21-23-12-6-3-7-13-23/h3-20,30,35H,2,21-22H2,1H3/b31-29+. The topological polar surface area (TPSA) is 76.1 Å². The van der Waals surface area contributed by atoms with E-state index < -0.39 is 17.7 Å². The molecule has 4 aromatic carbocycles. The summed E-state index contributed by atoms with van der Waals surface area (Å²) < 4.78 is 12.0. The number of carbonyl (C=O) groups is 2. The predicted molar refractivity (Wildman–Crippen MR) is 149 cm³/mol. The van der Waals surface area contributed by atoms with Crippen molar-refractivity contribution in [3.63, 3.8) is 0 Å². The zero-order valence-electron chi connectivity index (χ0n) is 21.6. The maximum absolute atomic E-state index is 13.4. The van der Waals surface area contributed by atoms with Crippen LogP contribution in [0.2, 0.25) is 0 Å². The zero-order chi connectivity index (χ0) is 27.2. The number of ether oxygens (including phenoxy) is 2. The van der Waals surface area contributed by atoms with E-state index in [1.807, 2.05) is 79.7 Å². The maximum atomic E-state index is 13.4. The van der Waals surface area contributed by atoms with Gasteiger partial charge in [0.1, 0.15) is 12.4 Å². The monoisotopic (exact) mass is 519 g/mol. The SMILES string of the molecule is CCOc1cc(C2/C(=C(\O)c3ccccc3)C(=O)C(=O)N2Cc2ccccc2)ccc1OCc1ccccc1. The Kier molecular flexibility index (Phi) is 7.73. The number of likely N-dealkylation sites (tertiary alicyclic amines) is 1. The van der Waals surface area contributed by atoms with Crippen molar-refractivity contribution in [1.29, 1.82) is 0 Å². The predicted octanol–water partition coefficient (Wildman–Crippen LogP) is 6.29. The number of aliphatic hydroxyl groups is 1. The third kappa shape index (κ3) is 5.55. The van der Waals surface area contributed by atoms with E-state index in [1.165, 1.54) is 4.90 Å². The van der Waals surface area contributed by atoms with Crippen LogP contribution in [-0.2, 0) is 22.7 Å². The second kappa shape index (κ2) is 11.7. The van der Waals surface area contributed by atoms with Gasteiger partial charge in [-0.3, -0.25) is 9.59 Å². The first-order valence-corrected chi connectivity index (χ1v) is 12.9. The van der Waals surface area contributed by atoms with Gasteiger partial charge >= 0.3 is 0 Å². The fourth-order valence-corrected chi connectivity index (χ4v) is 4.74. The molecule has 0 radical (unpaired) electrons. The Morgan fingerprint density at radius 3 is 2.03 bits per heavy atom.